The highest BCUT2D eigenvalue weighted by Gasteiger charge is 2.40. The zero-order chi connectivity index (χ0) is 33.8. The number of aryl methyl sites for hydroxylation is 1. The minimum atomic E-state index is -1.06. The Balaban J connectivity index is 1.54. The molecule has 1 aliphatic rings. The maximum Gasteiger partial charge on any atom is 0.256 e. The summed E-state index contributed by atoms with van der Waals surface area (Å²) < 4.78 is 18.8. The summed E-state index contributed by atoms with van der Waals surface area (Å²) in [7, 11) is 1.59. The first-order valence-electron chi connectivity index (χ1n) is 16.4. The van der Waals surface area contributed by atoms with Crippen LogP contribution in [0.3, 0.4) is 0 Å². The number of anilines is 1. The average molecular weight is 665 g/mol. The van der Waals surface area contributed by atoms with Gasteiger partial charge in [-0.25, -0.2) is 0 Å². The lowest BCUT2D eigenvalue weighted by Crippen LogP contribution is -2.45. The Morgan fingerprint density at radius 3 is 2.49 bits per heavy atom. The number of carbonyl (C=O) groups excluding carboxylic acids is 2. The van der Waals surface area contributed by atoms with Gasteiger partial charge in [0.15, 0.2) is 11.5 Å². The second-order valence-electron chi connectivity index (χ2n) is 13.0. The fourth-order valence-electron chi connectivity index (χ4n) is 5.67. The molecule has 0 spiro atoms. The van der Waals surface area contributed by atoms with Gasteiger partial charge in [0.05, 0.1) is 20.1 Å². The van der Waals surface area contributed by atoms with E-state index in [2.05, 4.69) is 55.7 Å². The van der Waals surface area contributed by atoms with Crippen LogP contribution in [-0.4, -0.2) is 64.4 Å². The molecular formula is C37H49ClN4O5. The fraction of sp³-hybridized carbons (Fsp3) is 0.459. The van der Waals surface area contributed by atoms with Gasteiger partial charge in [-0.05, 0) is 67.6 Å². The lowest BCUT2D eigenvalue weighted by atomic mass is 9.94. The number of nitrogens with two attached hydrogens (primary N) is 1. The van der Waals surface area contributed by atoms with Crippen molar-refractivity contribution in [3.8, 4) is 11.5 Å². The number of hydrogen-bond donors (Lipinski definition) is 3. The number of carbonyl (C=O) groups is 2. The van der Waals surface area contributed by atoms with E-state index in [1.807, 2.05) is 36.4 Å². The van der Waals surface area contributed by atoms with Crippen molar-refractivity contribution in [2.75, 3.05) is 51.3 Å². The summed E-state index contributed by atoms with van der Waals surface area (Å²) in [6.07, 6.45) is 0.939. The molecule has 0 bridgehead atoms. The topological polar surface area (TPSA) is 115 Å². The molecule has 0 aliphatic carbocycles. The largest absolute Gasteiger partial charge is 0.492 e. The third-order valence-corrected chi connectivity index (χ3v) is 8.02. The molecule has 0 fully saturated rings. The SMILES string of the molecule is COc1c(OCCCNCCCc2ccccc2)cccc1[C@H]1O[C@H](CC(=O)NCCN)C(=O)N(CC(C)(C)C)c2ccc(Cl)cc21. The Morgan fingerprint density at radius 2 is 1.77 bits per heavy atom. The quantitative estimate of drug-likeness (QED) is 0.169. The van der Waals surface area contributed by atoms with Crippen LogP contribution in [0.4, 0.5) is 5.69 Å². The third kappa shape index (κ3) is 10.4. The second kappa shape index (κ2) is 17.5. The van der Waals surface area contributed by atoms with Crippen molar-refractivity contribution >= 4 is 29.1 Å². The molecule has 3 aromatic carbocycles. The number of rotatable bonds is 16. The molecule has 10 heteroatoms. The number of methoxy groups -OCH3 is 1. The lowest BCUT2D eigenvalue weighted by molar-refractivity contribution is -0.138. The second-order valence-corrected chi connectivity index (χ2v) is 13.4. The van der Waals surface area contributed by atoms with Gasteiger partial charge in [0.1, 0.15) is 12.2 Å². The molecule has 1 heterocycles. The summed E-state index contributed by atoms with van der Waals surface area (Å²) in [5, 5.41) is 6.76. The van der Waals surface area contributed by atoms with Gasteiger partial charge in [0.25, 0.3) is 5.91 Å². The van der Waals surface area contributed by atoms with Gasteiger partial charge in [0, 0.05) is 41.5 Å². The summed E-state index contributed by atoms with van der Waals surface area (Å²) in [5.74, 6) is 0.462. The number of para-hydroxylation sites is 1. The van der Waals surface area contributed by atoms with Crippen molar-refractivity contribution in [2.45, 2.75) is 58.7 Å². The van der Waals surface area contributed by atoms with Crippen LogP contribution in [0.5, 0.6) is 11.5 Å². The predicted molar refractivity (Wildman–Crippen MR) is 187 cm³/mol. The smallest absolute Gasteiger partial charge is 0.256 e. The highest BCUT2D eigenvalue weighted by atomic mass is 35.5. The van der Waals surface area contributed by atoms with Crippen LogP contribution in [0.1, 0.15) is 62.8 Å². The van der Waals surface area contributed by atoms with E-state index in [1.165, 1.54) is 5.56 Å². The highest BCUT2D eigenvalue weighted by Crippen LogP contribution is 2.45. The van der Waals surface area contributed by atoms with Crippen LogP contribution < -0.4 is 30.7 Å². The summed E-state index contributed by atoms with van der Waals surface area (Å²) >= 11 is 6.55. The number of amides is 2. The molecule has 9 nitrogen and oxygen atoms in total. The van der Waals surface area contributed by atoms with Crippen LogP contribution in [0.2, 0.25) is 5.02 Å². The van der Waals surface area contributed by atoms with Crippen molar-refractivity contribution in [3.05, 3.63) is 88.4 Å². The number of nitrogens with one attached hydrogen (secondary N) is 2. The van der Waals surface area contributed by atoms with E-state index in [0.29, 0.717) is 59.6 Å². The molecule has 2 atom stereocenters. The number of halogens is 1. The van der Waals surface area contributed by atoms with Crippen molar-refractivity contribution in [1.29, 1.82) is 0 Å². The van der Waals surface area contributed by atoms with Crippen LogP contribution in [0, 0.1) is 5.41 Å². The summed E-state index contributed by atoms with van der Waals surface area (Å²) in [5.41, 5.74) is 8.76. The first kappa shape index (κ1) is 36.2. The first-order valence-corrected chi connectivity index (χ1v) is 16.8. The zero-order valence-corrected chi connectivity index (χ0v) is 28.8. The molecule has 0 aromatic heterocycles. The molecule has 47 heavy (non-hydrogen) atoms. The Hall–Kier alpha value is -3.63. The number of nitrogens with zero attached hydrogens (tertiary/aromatic N) is 1. The van der Waals surface area contributed by atoms with E-state index in [9.17, 15) is 9.59 Å². The minimum absolute atomic E-state index is 0.158. The van der Waals surface area contributed by atoms with Crippen LogP contribution in [0.15, 0.2) is 66.7 Å². The molecule has 254 valence electrons. The predicted octanol–water partition coefficient (Wildman–Crippen LogP) is 5.67. The van der Waals surface area contributed by atoms with Crippen molar-refractivity contribution in [1.82, 2.24) is 10.6 Å². The van der Waals surface area contributed by atoms with Gasteiger partial charge in [0.2, 0.25) is 5.91 Å². The van der Waals surface area contributed by atoms with E-state index >= 15 is 0 Å². The molecule has 0 saturated carbocycles. The zero-order valence-electron chi connectivity index (χ0n) is 28.0. The van der Waals surface area contributed by atoms with Crippen LogP contribution in [-0.2, 0) is 20.7 Å². The number of ether oxygens (including phenoxy) is 3. The van der Waals surface area contributed by atoms with E-state index in [0.717, 1.165) is 32.4 Å². The molecule has 0 saturated heterocycles. The maximum absolute atomic E-state index is 14.1. The molecule has 0 radical (unpaired) electrons. The van der Waals surface area contributed by atoms with E-state index in [1.54, 1.807) is 18.1 Å². The minimum Gasteiger partial charge on any atom is -0.492 e. The molecule has 4 rings (SSSR count). The lowest BCUT2D eigenvalue weighted by Gasteiger charge is -2.31. The summed E-state index contributed by atoms with van der Waals surface area (Å²) in [6.45, 7) is 9.45. The molecule has 3 aromatic rings. The third-order valence-electron chi connectivity index (χ3n) is 7.79. The van der Waals surface area contributed by atoms with Crippen LogP contribution in [0.25, 0.3) is 0 Å². The molecule has 1 aliphatic heterocycles. The van der Waals surface area contributed by atoms with Crippen molar-refractivity contribution < 1.29 is 23.8 Å². The summed E-state index contributed by atoms with van der Waals surface area (Å²) in [6, 6.07) is 21.6. The Labute approximate surface area is 284 Å². The fourth-order valence-corrected chi connectivity index (χ4v) is 5.85. The Kier molecular flexibility index (Phi) is 13.5. The van der Waals surface area contributed by atoms with Gasteiger partial charge >= 0.3 is 0 Å². The van der Waals surface area contributed by atoms with Gasteiger partial charge in [-0.1, -0.05) is 74.8 Å². The first-order chi connectivity index (χ1) is 22.6. The van der Waals surface area contributed by atoms with E-state index < -0.39 is 12.2 Å². The highest BCUT2D eigenvalue weighted by molar-refractivity contribution is 6.30. The van der Waals surface area contributed by atoms with Crippen LogP contribution >= 0.6 is 11.6 Å². The van der Waals surface area contributed by atoms with Crippen molar-refractivity contribution in [3.63, 3.8) is 0 Å². The molecule has 4 N–H and O–H groups in total. The Bertz CT molecular complexity index is 1460. The summed E-state index contributed by atoms with van der Waals surface area (Å²) in [4.78, 5) is 28.7. The van der Waals surface area contributed by atoms with Gasteiger partial charge in [-0.15, -0.1) is 0 Å². The van der Waals surface area contributed by atoms with Gasteiger partial charge in [-0.2, -0.15) is 0 Å². The molecule has 2 amide bonds. The van der Waals surface area contributed by atoms with E-state index in [4.69, 9.17) is 31.5 Å². The number of fused-ring (bicyclic) bond motifs is 1. The van der Waals surface area contributed by atoms with Gasteiger partial charge < -0.3 is 35.5 Å². The Morgan fingerprint density at radius 1 is 1.00 bits per heavy atom. The van der Waals surface area contributed by atoms with Crippen molar-refractivity contribution in [2.24, 2.45) is 11.1 Å². The monoisotopic (exact) mass is 664 g/mol. The normalized spacial score (nSPS) is 16.4. The average Bonchev–Trinajstić information content (AvgIpc) is 3.15. The molecule has 0 unspecified atom stereocenters. The molecular weight excluding hydrogens is 616 g/mol. The maximum atomic E-state index is 14.1. The standard InChI is InChI=1S/C37H49ClN4O5/c1-37(2,3)25-42-30-17-16-27(38)23-29(30)34(47-32(36(42)44)24-33(43)41-21-18-39)28-14-8-15-31(35(28)45-4)46-22-10-20-40-19-9-13-26-11-6-5-7-12-26/h5-8,11-12,14-17,23,32,34,40H,9-10,13,18-22,24-25,39H2,1-4H3,(H,41,43)/t32-,34-/m1/s1. The van der Waals surface area contributed by atoms with Gasteiger partial charge in [-0.3, -0.25) is 9.59 Å². The number of hydrogen-bond acceptors (Lipinski definition) is 7. The van der Waals surface area contributed by atoms with E-state index in [-0.39, 0.29) is 23.7 Å². The number of benzene rings is 3.